The van der Waals surface area contributed by atoms with Crippen LogP contribution >= 0.6 is 0 Å². The van der Waals surface area contributed by atoms with E-state index >= 15 is 0 Å². The van der Waals surface area contributed by atoms with Crippen molar-refractivity contribution in [1.29, 1.82) is 0 Å². The van der Waals surface area contributed by atoms with E-state index in [9.17, 15) is 14.4 Å². The van der Waals surface area contributed by atoms with Crippen LogP contribution in [0.15, 0.2) is 70.5 Å². The van der Waals surface area contributed by atoms with Crippen LogP contribution < -0.4 is 21.2 Å². The molecule has 1 heterocycles. The summed E-state index contributed by atoms with van der Waals surface area (Å²) < 4.78 is 7.48. The summed E-state index contributed by atoms with van der Waals surface area (Å²) in [5, 5.41) is 2.68. The minimum atomic E-state index is -0.762. The van der Waals surface area contributed by atoms with Crippen molar-refractivity contribution in [2.75, 3.05) is 12.4 Å². The summed E-state index contributed by atoms with van der Waals surface area (Å²) >= 11 is 0. The zero-order chi connectivity index (χ0) is 19.4. The molecular formula is C20H19N3O4. The number of carbonyl (C=O) groups excluding carboxylic acids is 1. The SMILES string of the molecule is COc1cccc(NC(=O)Cn2ccn(-c3ccccc3C)c(=O)c2=O)c1. The molecule has 0 saturated carbocycles. The second-order valence-corrected chi connectivity index (χ2v) is 5.97. The largest absolute Gasteiger partial charge is 0.497 e. The number of hydrogen-bond acceptors (Lipinski definition) is 4. The predicted octanol–water partition coefficient (Wildman–Crippen LogP) is 1.95. The molecule has 1 N–H and O–H groups in total. The summed E-state index contributed by atoms with van der Waals surface area (Å²) in [4.78, 5) is 37.1. The van der Waals surface area contributed by atoms with E-state index in [4.69, 9.17) is 4.74 Å². The molecule has 0 fully saturated rings. The summed E-state index contributed by atoms with van der Waals surface area (Å²) in [7, 11) is 1.53. The van der Waals surface area contributed by atoms with E-state index in [0.717, 1.165) is 10.1 Å². The molecule has 7 nitrogen and oxygen atoms in total. The number of aromatic nitrogens is 2. The molecule has 0 spiro atoms. The van der Waals surface area contributed by atoms with Crippen LogP contribution in [0.1, 0.15) is 5.56 Å². The minimum absolute atomic E-state index is 0.264. The topological polar surface area (TPSA) is 82.3 Å². The lowest BCUT2D eigenvalue weighted by atomic mass is 10.2. The Balaban J connectivity index is 1.83. The van der Waals surface area contributed by atoms with Crippen molar-refractivity contribution in [3.8, 4) is 11.4 Å². The molecule has 0 bridgehead atoms. The third kappa shape index (κ3) is 3.98. The Morgan fingerprint density at radius 2 is 1.81 bits per heavy atom. The zero-order valence-electron chi connectivity index (χ0n) is 15.0. The van der Waals surface area contributed by atoms with Crippen molar-refractivity contribution >= 4 is 11.6 Å². The Labute approximate surface area is 155 Å². The number of aryl methyl sites for hydroxylation is 1. The Morgan fingerprint density at radius 3 is 2.56 bits per heavy atom. The highest BCUT2D eigenvalue weighted by atomic mass is 16.5. The number of amides is 1. The Bertz CT molecular complexity index is 1100. The number of hydrogen-bond donors (Lipinski definition) is 1. The first-order chi connectivity index (χ1) is 13.0. The fourth-order valence-electron chi connectivity index (χ4n) is 2.71. The summed E-state index contributed by atoms with van der Waals surface area (Å²) in [5.74, 6) is 0.184. The van der Waals surface area contributed by atoms with Gasteiger partial charge in [0, 0.05) is 24.1 Å². The van der Waals surface area contributed by atoms with Gasteiger partial charge in [-0.25, -0.2) is 0 Å². The summed E-state index contributed by atoms with van der Waals surface area (Å²) in [6, 6.07) is 14.1. The van der Waals surface area contributed by atoms with E-state index in [2.05, 4.69) is 5.32 Å². The lowest BCUT2D eigenvalue weighted by Gasteiger charge is -2.11. The van der Waals surface area contributed by atoms with Crippen molar-refractivity contribution < 1.29 is 9.53 Å². The van der Waals surface area contributed by atoms with Crippen LogP contribution in [-0.4, -0.2) is 22.2 Å². The Hall–Kier alpha value is -3.61. The molecule has 138 valence electrons. The quantitative estimate of drug-likeness (QED) is 0.701. The summed E-state index contributed by atoms with van der Waals surface area (Å²) in [5.41, 5.74) is 0.572. The van der Waals surface area contributed by atoms with Crippen LogP contribution in [0, 0.1) is 6.92 Å². The average Bonchev–Trinajstić information content (AvgIpc) is 2.66. The smallest absolute Gasteiger partial charge is 0.320 e. The number of para-hydroxylation sites is 1. The fourth-order valence-corrected chi connectivity index (χ4v) is 2.71. The maximum Gasteiger partial charge on any atom is 0.320 e. The zero-order valence-corrected chi connectivity index (χ0v) is 15.0. The molecule has 0 saturated heterocycles. The van der Waals surface area contributed by atoms with Crippen LogP contribution in [0.3, 0.4) is 0 Å². The Morgan fingerprint density at radius 1 is 1.04 bits per heavy atom. The van der Waals surface area contributed by atoms with Gasteiger partial charge in [0.05, 0.1) is 12.8 Å². The van der Waals surface area contributed by atoms with Gasteiger partial charge in [0.2, 0.25) is 5.91 Å². The molecule has 2 aromatic carbocycles. The van der Waals surface area contributed by atoms with Gasteiger partial charge in [-0.2, -0.15) is 0 Å². The number of anilines is 1. The number of benzene rings is 2. The van der Waals surface area contributed by atoms with Crippen molar-refractivity contribution in [1.82, 2.24) is 9.13 Å². The van der Waals surface area contributed by atoms with E-state index in [-0.39, 0.29) is 6.54 Å². The third-order valence-corrected chi connectivity index (χ3v) is 4.10. The van der Waals surface area contributed by atoms with Crippen molar-refractivity contribution in [3.05, 3.63) is 87.2 Å². The first-order valence-electron chi connectivity index (χ1n) is 8.31. The number of nitrogens with one attached hydrogen (secondary N) is 1. The van der Waals surface area contributed by atoms with Crippen molar-refractivity contribution in [2.24, 2.45) is 0 Å². The number of rotatable bonds is 5. The molecule has 1 amide bonds. The van der Waals surface area contributed by atoms with E-state index in [0.29, 0.717) is 17.1 Å². The molecular weight excluding hydrogens is 346 g/mol. The van der Waals surface area contributed by atoms with Gasteiger partial charge in [-0.15, -0.1) is 0 Å². The first-order valence-corrected chi connectivity index (χ1v) is 8.31. The van der Waals surface area contributed by atoms with Gasteiger partial charge >= 0.3 is 11.1 Å². The van der Waals surface area contributed by atoms with Gasteiger partial charge in [-0.1, -0.05) is 24.3 Å². The maximum atomic E-state index is 12.4. The molecule has 0 aliphatic heterocycles. The van der Waals surface area contributed by atoms with Crippen molar-refractivity contribution in [3.63, 3.8) is 0 Å². The molecule has 0 radical (unpaired) electrons. The summed E-state index contributed by atoms with van der Waals surface area (Å²) in [6.45, 7) is 1.59. The van der Waals surface area contributed by atoms with E-state index in [1.54, 1.807) is 36.4 Å². The van der Waals surface area contributed by atoms with Crippen LogP contribution in [0.25, 0.3) is 5.69 Å². The number of ether oxygens (including phenoxy) is 1. The lowest BCUT2D eigenvalue weighted by Crippen LogP contribution is -2.41. The third-order valence-electron chi connectivity index (χ3n) is 4.10. The van der Waals surface area contributed by atoms with Gasteiger partial charge in [-0.3, -0.25) is 23.5 Å². The molecule has 7 heteroatoms. The molecule has 0 unspecified atom stereocenters. The van der Waals surface area contributed by atoms with E-state index in [1.807, 2.05) is 19.1 Å². The van der Waals surface area contributed by atoms with Crippen LogP contribution in [0.2, 0.25) is 0 Å². The molecule has 1 aromatic heterocycles. The number of methoxy groups -OCH3 is 1. The first kappa shape index (κ1) is 18.2. The molecule has 3 rings (SSSR count). The molecule has 0 aliphatic rings. The average molecular weight is 365 g/mol. The van der Waals surface area contributed by atoms with Gasteiger partial charge in [-0.05, 0) is 30.7 Å². The predicted molar refractivity (Wildman–Crippen MR) is 103 cm³/mol. The molecule has 3 aromatic rings. The highest BCUT2D eigenvalue weighted by Crippen LogP contribution is 2.16. The van der Waals surface area contributed by atoms with Crippen LogP contribution in [0.5, 0.6) is 5.75 Å². The van der Waals surface area contributed by atoms with Crippen LogP contribution in [0.4, 0.5) is 5.69 Å². The number of nitrogens with zero attached hydrogens (tertiary/aromatic N) is 2. The van der Waals surface area contributed by atoms with Gasteiger partial charge in [0.1, 0.15) is 12.3 Å². The lowest BCUT2D eigenvalue weighted by molar-refractivity contribution is -0.116. The summed E-state index contributed by atoms with van der Waals surface area (Å²) in [6.07, 6.45) is 2.92. The van der Waals surface area contributed by atoms with Gasteiger partial charge in [0.15, 0.2) is 0 Å². The molecule has 0 atom stereocenters. The fraction of sp³-hybridized carbons (Fsp3) is 0.150. The molecule has 27 heavy (non-hydrogen) atoms. The van der Waals surface area contributed by atoms with Gasteiger partial charge < -0.3 is 10.1 Å². The highest BCUT2D eigenvalue weighted by molar-refractivity contribution is 5.90. The maximum absolute atomic E-state index is 12.4. The van der Waals surface area contributed by atoms with Gasteiger partial charge in [0.25, 0.3) is 0 Å². The second kappa shape index (κ2) is 7.74. The number of carbonyl (C=O) groups is 1. The standard InChI is InChI=1S/C20H19N3O4/c1-14-6-3-4-9-17(14)23-11-10-22(19(25)20(23)26)13-18(24)21-15-7-5-8-16(12-15)27-2/h3-12H,13H2,1-2H3,(H,21,24). The van der Waals surface area contributed by atoms with E-state index in [1.165, 1.54) is 24.1 Å². The highest BCUT2D eigenvalue weighted by Gasteiger charge is 2.11. The van der Waals surface area contributed by atoms with E-state index < -0.39 is 17.0 Å². The van der Waals surface area contributed by atoms with Crippen LogP contribution in [-0.2, 0) is 11.3 Å². The second-order valence-electron chi connectivity index (χ2n) is 5.97. The minimum Gasteiger partial charge on any atom is -0.497 e. The van der Waals surface area contributed by atoms with Crippen molar-refractivity contribution in [2.45, 2.75) is 13.5 Å². The monoisotopic (exact) mass is 365 g/mol. The Kier molecular flexibility index (Phi) is 5.21. The normalized spacial score (nSPS) is 10.4. The molecule has 0 aliphatic carbocycles.